The normalized spacial score (nSPS) is 11.3. The van der Waals surface area contributed by atoms with Crippen LogP contribution in [0.3, 0.4) is 0 Å². The van der Waals surface area contributed by atoms with E-state index in [-0.39, 0.29) is 10.8 Å². The number of hydrogen-bond acceptors (Lipinski definition) is 3. The van der Waals surface area contributed by atoms with Crippen molar-refractivity contribution in [3.8, 4) is 0 Å². The highest BCUT2D eigenvalue weighted by molar-refractivity contribution is 6.30. The third-order valence-electron chi connectivity index (χ3n) is 2.02. The molecule has 0 aliphatic rings. The van der Waals surface area contributed by atoms with Crippen molar-refractivity contribution < 1.29 is 8.78 Å². The molecule has 0 aliphatic heterocycles. The molecule has 7 heteroatoms. The molecule has 0 saturated carbocycles. The first-order valence-electron chi connectivity index (χ1n) is 4.34. The molecule has 0 radical (unpaired) electrons. The second kappa shape index (κ2) is 3.79. The van der Waals surface area contributed by atoms with Gasteiger partial charge in [-0.2, -0.15) is 9.61 Å². The number of aromatic nitrogens is 3. The van der Waals surface area contributed by atoms with Crippen molar-refractivity contribution in [3.05, 3.63) is 38.9 Å². The van der Waals surface area contributed by atoms with Gasteiger partial charge in [-0.3, -0.25) is 4.79 Å². The first kappa shape index (κ1) is 10.9. The molecule has 0 unspecified atom stereocenters. The van der Waals surface area contributed by atoms with Crippen molar-refractivity contribution in [1.29, 1.82) is 0 Å². The van der Waals surface area contributed by atoms with E-state index in [1.807, 2.05) is 0 Å². The van der Waals surface area contributed by atoms with Gasteiger partial charge in [-0.25, -0.2) is 13.8 Å². The zero-order valence-electron chi connectivity index (χ0n) is 8.12. The Balaban J connectivity index is 2.82. The van der Waals surface area contributed by atoms with Crippen LogP contribution in [0.2, 0.25) is 5.15 Å². The molecule has 0 spiro atoms. The topological polar surface area (TPSA) is 47.3 Å². The molecular formula is C9H6ClF2N3O. The van der Waals surface area contributed by atoms with Crippen molar-refractivity contribution in [2.45, 2.75) is 13.3 Å². The molecule has 2 aromatic heterocycles. The average Bonchev–Trinajstić information content (AvgIpc) is 2.20. The van der Waals surface area contributed by atoms with Gasteiger partial charge in [-0.05, 0) is 18.6 Å². The maximum Gasteiger partial charge on any atom is 0.280 e. The number of halogens is 3. The van der Waals surface area contributed by atoms with Crippen LogP contribution in [0.15, 0.2) is 16.9 Å². The van der Waals surface area contributed by atoms with E-state index < -0.39 is 17.7 Å². The van der Waals surface area contributed by atoms with Crippen LogP contribution < -0.4 is 5.56 Å². The summed E-state index contributed by atoms with van der Waals surface area (Å²) < 4.78 is 25.7. The lowest BCUT2D eigenvalue weighted by Crippen LogP contribution is -2.18. The number of rotatable bonds is 1. The van der Waals surface area contributed by atoms with Gasteiger partial charge in [-0.15, -0.1) is 0 Å². The minimum atomic E-state index is -2.78. The van der Waals surface area contributed by atoms with E-state index in [2.05, 4.69) is 10.1 Å². The van der Waals surface area contributed by atoms with Crippen LogP contribution in [0.25, 0.3) is 5.65 Å². The van der Waals surface area contributed by atoms with E-state index in [0.717, 1.165) is 10.6 Å². The molecule has 0 N–H and O–H groups in total. The van der Waals surface area contributed by atoms with Crippen LogP contribution in [0.5, 0.6) is 0 Å². The molecule has 0 saturated heterocycles. The summed E-state index contributed by atoms with van der Waals surface area (Å²) in [4.78, 5) is 15.1. The largest absolute Gasteiger partial charge is 0.280 e. The van der Waals surface area contributed by atoms with Gasteiger partial charge < -0.3 is 0 Å². The summed E-state index contributed by atoms with van der Waals surface area (Å²) in [5, 5.41) is 3.88. The molecule has 2 heterocycles. The van der Waals surface area contributed by atoms with Gasteiger partial charge in [0.2, 0.25) is 0 Å². The zero-order chi connectivity index (χ0) is 11.9. The van der Waals surface area contributed by atoms with Crippen molar-refractivity contribution in [3.63, 3.8) is 0 Å². The molecule has 0 fully saturated rings. The summed E-state index contributed by atoms with van der Waals surface area (Å²) in [5.41, 5.74) is -0.611. The zero-order valence-corrected chi connectivity index (χ0v) is 8.87. The van der Waals surface area contributed by atoms with Crippen LogP contribution in [-0.4, -0.2) is 14.6 Å². The molecule has 0 bridgehead atoms. The maximum atomic E-state index is 12.4. The van der Waals surface area contributed by atoms with Crippen LogP contribution in [0.4, 0.5) is 8.78 Å². The lowest BCUT2D eigenvalue weighted by atomic mass is 10.3. The second-order valence-electron chi connectivity index (χ2n) is 3.21. The summed E-state index contributed by atoms with van der Waals surface area (Å²) in [5.74, 6) is 0. The van der Waals surface area contributed by atoms with Crippen LogP contribution in [0, 0.1) is 6.92 Å². The average molecular weight is 246 g/mol. The predicted octanol–water partition coefficient (Wildman–Crippen LogP) is 1.99. The summed E-state index contributed by atoms with van der Waals surface area (Å²) in [6, 6.07) is 2.18. The lowest BCUT2D eigenvalue weighted by Gasteiger charge is -2.04. The first-order valence-corrected chi connectivity index (χ1v) is 4.72. The Labute approximate surface area is 93.5 Å². The van der Waals surface area contributed by atoms with Gasteiger partial charge in [0.1, 0.15) is 5.69 Å². The third-order valence-corrected chi connectivity index (χ3v) is 2.40. The Morgan fingerprint density at radius 2 is 2.12 bits per heavy atom. The van der Waals surface area contributed by atoms with Gasteiger partial charge in [0, 0.05) is 6.07 Å². The summed E-state index contributed by atoms with van der Waals surface area (Å²) in [7, 11) is 0. The highest BCUT2D eigenvalue weighted by Gasteiger charge is 2.13. The van der Waals surface area contributed by atoms with Gasteiger partial charge in [-0.1, -0.05) is 11.6 Å². The number of alkyl halides is 2. The molecule has 2 rings (SSSR count). The summed E-state index contributed by atoms with van der Waals surface area (Å²) >= 11 is 5.72. The van der Waals surface area contributed by atoms with Crippen LogP contribution >= 0.6 is 11.6 Å². The fraction of sp³-hybridized carbons (Fsp3) is 0.222. The number of fused-ring (bicyclic) bond motifs is 1. The molecule has 0 aliphatic carbocycles. The van der Waals surface area contributed by atoms with Gasteiger partial charge in [0.15, 0.2) is 10.8 Å². The van der Waals surface area contributed by atoms with Crippen molar-refractivity contribution in [2.24, 2.45) is 0 Å². The lowest BCUT2D eigenvalue weighted by molar-refractivity contribution is 0.146. The van der Waals surface area contributed by atoms with E-state index in [9.17, 15) is 13.6 Å². The molecular weight excluding hydrogens is 240 g/mol. The van der Waals surface area contributed by atoms with E-state index >= 15 is 0 Å². The van der Waals surface area contributed by atoms with Crippen LogP contribution in [0.1, 0.15) is 17.7 Å². The molecule has 16 heavy (non-hydrogen) atoms. The Hall–Kier alpha value is -1.56. The SMILES string of the molecule is Cc1cc2nc(C(F)F)cc(=O)n2nc1Cl. The molecule has 0 amide bonds. The van der Waals surface area contributed by atoms with Gasteiger partial charge in [0.25, 0.3) is 12.0 Å². The van der Waals surface area contributed by atoms with Gasteiger partial charge in [0.05, 0.1) is 0 Å². The number of nitrogens with zero attached hydrogens (tertiary/aromatic N) is 3. The van der Waals surface area contributed by atoms with E-state index in [1.165, 1.54) is 6.07 Å². The van der Waals surface area contributed by atoms with Crippen molar-refractivity contribution in [2.75, 3.05) is 0 Å². The maximum absolute atomic E-state index is 12.4. The van der Waals surface area contributed by atoms with E-state index in [4.69, 9.17) is 11.6 Å². The summed E-state index contributed by atoms with van der Waals surface area (Å²) in [6.45, 7) is 1.65. The van der Waals surface area contributed by atoms with Crippen LogP contribution in [-0.2, 0) is 0 Å². The Bertz CT molecular complexity index is 611. The van der Waals surface area contributed by atoms with Crippen molar-refractivity contribution in [1.82, 2.24) is 14.6 Å². The third kappa shape index (κ3) is 1.76. The summed E-state index contributed by atoms with van der Waals surface area (Å²) in [6.07, 6.45) is -2.78. The Kier molecular flexibility index (Phi) is 2.59. The Morgan fingerprint density at radius 1 is 1.44 bits per heavy atom. The standard InChI is InChI=1S/C9H6ClF2N3O/c1-4-2-6-13-5(9(11)12)3-7(16)15(6)14-8(4)10/h2-3,9H,1H3. The molecule has 0 aromatic carbocycles. The van der Waals surface area contributed by atoms with Gasteiger partial charge >= 0.3 is 0 Å². The fourth-order valence-electron chi connectivity index (χ4n) is 1.24. The quantitative estimate of drug-likeness (QED) is 0.772. The van der Waals surface area contributed by atoms with E-state index in [1.54, 1.807) is 6.92 Å². The smallest absolute Gasteiger partial charge is 0.267 e. The molecule has 84 valence electrons. The van der Waals surface area contributed by atoms with Crippen molar-refractivity contribution >= 4 is 17.2 Å². The minimum Gasteiger partial charge on any atom is -0.267 e. The number of hydrogen-bond donors (Lipinski definition) is 0. The molecule has 0 atom stereocenters. The highest BCUT2D eigenvalue weighted by Crippen LogP contribution is 2.16. The molecule has 2 aromatic rings. The number of aryl methyl sites for hydroxylation is 1. The Morgan fingerprint density at radius 3 is 2.75 bits per heavy atom. The highest BCUT2D eigenvalue weighted by atomic mass is 35.5. The first-order chi connectivity index (χ1) is 7.49. The molecule has 4 nitrogen and oxygen atoms in total. The minimum absolute atomic E-state index is 0.0599. The van der Waals surface area contributed by atoms with E-state index in [0.29, 0.717) is 5.56 Å². The second-order valence-corrected chi connectivity index (χ2v) is 3.57. The predicted molar refractivity (Wildman–Crippen MR) is 54.0 cm³/mol. The monoisotopic (exact) mass is 245 g/mol. The fourth-order valence-corrected chi connectivity index (χ4v) is 1.37.